The van der Waals surface area contributed by atoms with Crippen molar-refractivity contribution in [2.75, 3.05) is 14.2 Å². The fraction of sp³-hybridized carbons (Fsp3) is 0.250. The van der Waals surface area contributed by atoms with Crippen LogP contribution in [0, 0.1) is 17.5 Å². The third-order valence-corrected chi connectivity index (χ3v) is 3.34. The first-order valence-corrected chi connectivity index (χ1v) is 6.49. The Bertz CT molecular complexity index is 590. The SMILES string of the molecule is CNC(Cc1ccc(F)cc1)c1c(F)cc(OC)cc1F. The Labute approximate surface area is 121 Å². The summed E-state index contributed by atoms with van der Waals surface area (Å²) < 4.78 is 45.9. The van der Waals surface area contributed by atoms with Gasteiger partial charge in [0.1, 0.15) is 23.2 Å². The third-order valence-electron chi connectivity index (χ3n) is 3.34. The topological polar surface area (TPSA) is 21.3 Å². The monoisotopic (exact) mass is 295 g/mol. The number of halogens is 3. The van der Waals surface area contributed by atoms with Crippen LogP contribution in [0.3, 0.4) is 0 Å². The van der Waals surface area contributed by atoms with E-state index >= 15 is 0 Å². The number of ether oxygens (including phenoxy) is 1. The normalized spacial score (nSPS) is 12.2. The summed E-state index contributed by atoms with van der Waals surface area (Å²) in [4.78, 5) is 0. The lowest BCUT2D eigenvalue weighted by Crippen LogP contribution is -2.21. The molecule has 2 aromatic carbocycles. The zero-order chi connectivity index (χ0) is 15.4. The van der Waals surface area contributed by atoms with E-state index in [1.807, 2.05) is 0 Å². The van der Waals surface area contributed by atoms with Gasteiger partial charge in [0.05, 0.1) is 7.11 Å². The molecule has 0 aliphatic heterocycles. The van der Waals surface area contributed by atoms with E-state index in [9.17, 15) is 13.2 Å². The molecule has 112 valence electrons. The van der Waals surface area contributed by atoms with Gasteiger partial charge in [-0.15, -0.1) is 0 Å². The first kappa shape index (κ1) is 15.4. The van der Waals surface area contributed by atoms with E-state index in [1.165, 1.54) is 19.2 Å². The summed E-state index contributed by atoms with van der Waals surface area (Å²) in [5, 5.41) is 2.89. The van der Waals surface area contributed by atoms with Gasteiger partial charge in [0, 0.05) is 23.7 Å². The van der Waals surface area contributed by atoms with Gasteiger partial charge in [0.25, 0.3) is 0 Å². The zero-order valence-corrected chi connectivity index (χ0v) is 11.8. The number of methoxy groups -OCH3 is 1. The highest BCUT2D eigenvalue weighted by Crippen LogP contribution is 2.27. The largest absolute Gasteiger partial charge is 0.497 e. The average Bonchev–Trinajstić information content (AvgIpc) is 2.47. The molecule has 0 saturated carbocycles. The minimum Gasteiger partial charge on any atom is -0.497 e. The number of likely N-dealkylation sites (N-methyl/N-ethyl adjacent to an activating group) is 1. The number of rotatable bonds is 5. The van der Waals surface area contributed by atoms with Gasteiger partial charge in [-0.05, 0) is 31.2 Å². The molecule has 0 aliphatic rings. The van der Waals surface area contributed by atoms with Crippen LogP contribution in [0.1, 0.15) is 17.2 Å². The van der Waals surface area contributed by atoms with Crippen molar-refractivity contribution >= 4 is 0 Å². The van der Waals surface area contributed by atoms with Gasteiger partial charge < -0.3 is 10.1 Å². The van der Waals surface area contributed by atoms with Gasteiger partial charge in [-0.1, -0.05) is 12.1 Å². The molecule has 0 spiro atoms. The summed E-state index contributed by atoms with van der Waals surface area (Å²) in [6.45, 7) is 0. The molecule has 0 bridgehead atoms. The first-order valence-electron chi connectivity index (χ1n) is 6.49. The Morgan fingerprint density at radius 2 is 1.62 bits per heavy atom. The van der Waals surface area contributed by atoms with Gasteiger partial charge in [-0.2, -0.15) is 0 Å². The van der Waals surface area contributed by atoms with Crippen molar-refractivity contribution in [3.63, 3.8) is 0 Å². The second-order valence-corrected chi connectivity index (χ2v) is 4.68. The standard InChI is InChI=1S/C16H16F3NO/c1-20-15(7-10-3-5-11(17)6-4-10)16-13(18)8-12(21-2)9-14(16)19/h3-6,8-9,15,20H,7H2,1-2H3. The van der Waals surface area contributed by atoms with Crippen LogP contribution in [0.2, 0.25) is 0 Å². The fourth-order valence-corrected chi connectivity index (χ4v) is 2.22. The van der Waals surface area contributed by atoms with E-state index in [2.05, 4.69) is 5.32 Å². The summed E-state index contributed by atoms with van der Waals surface area (Å²) in [6.07, 6.45) is 0.344. The molecule has 21 heavy (non-hydrogen) atoms. The van der Waals surface area contributed by atoms with Crippen molar-refractivity contribution in [3.05, 3.63) is 65.0 Å². The summed E-state index contributed by atoms with van der Waals surface area (Å²) in [6, 6.07) is 7.58. The van der Waals surface area contributed by atoms with Gasteiger partial charge >= 0.3 is 0 Å². The van der Waals surface area contributed by atoms with Crippen molar-refractivity contribution < 1.29 is 17.9 Å². The number of nitrogens with one attached hydrogen (secondary N) is 1. The molecule has 5 heteroatoms. The van der Waals surface area contributed by atoms with E-state index in [-0.39, 0.29) is 17.1 Å². The van der Waals surface area contributed by atoms with Crippen LogP contribution in [0.5, 0.6) is 5.75 Å². The number of hydrogen-bond donors (Lipinski definition) is 1. The van der Waals surface area contributed by atoms with Gasteiger partial charge in [-0.3, -0.25) is 0 Å². The van der Waals surface area contributed by atoms with Crippen LogP contribution < -0.4 is 10.1 Å². The van der Waals surface area contributed by atoms with Crippen molar-refractivity contribution in [2.45, 2.75) is 12.5 Å². The maximum Gasteiger partial charge on any atom is 0.134 e. The van der Waals surface area contributed by atoms with Crippen LogP contribution >= 0.6 is 0 Å². The molecular weight excluding hydrogens is 279 g/mol. The number of benzene rings is 2. The smallest absolute Gasteiger partial charge is 0.134 e. The highest BCUT2D eigenvalue weighted by Gasteiger charge is 2.20. The lowest BCUT2D eigenvalue weighted by atomic mass is 9.98. The molecule has 0 fully saturated rings. The maximum atomic E-state index is 14.1. The Morgan fingerprint density at radius 1 is 1.05 bits per heavy atom. The van der Waals surface area contributed by atoms with Crippen LogP contribution in [-0.4, -0.2) is 14.2 Å². The molecule has 0 saturated heterocycles. The minimum atomic E-state index is -0.673. The molecule has 0 amide bonds. The summed E-state index contributed by atoms with van der Waals surface area (Å²) in [5.41, 5.74) is 0.730. The van der Waals surface area contributed by atoms with Gasteiger partial charge in [0.2, 0.25) is 0 Å². The fourth-order valence-electron chi connectivity index (χ4n) is 2.22. The molecule has 1 atom stereocenters. The van der Waals surface area contributed by atoms with E-state index in [4.69, 9.17) is 4.74 Å². The van der Waals surface area contributed by atoms with E-state index in [1.54, 1.807) is 19.2 Å². The van der Waals surface area contributed by atoms with Crippen LogP contribution in [-0.2, 0) is 6.42 Å². The summed E-state index contributed by atoms with van der Waals surface area (Å²) in [7, 11) is 2.97. The van der Waals surface area contributed by atoms with Crippen molar-refractivity contribution in [3.8, 4) is 5.75 Å². The van der Waals surface area contributed by atoms with E-state index in [0.29, 0.717) is 6.42 Å². The second kappa shape index (κ2) is 6.63. The molecule has 0 aromatic heterocycles. The lowest BCUT2D eigenvalue weighted by Gasteiger charge is -2.19. The molecule has 0 aliphatic carbocycles. The van der Waals surface area contributed by atoms with Crippen LogP contribution in [0.25, 0.3) is 0 Å². The van der Waals surface area contributed by atoms with E-state index < -0.39 is 17.7 Å². The molecule has 1 unspecified atom stereocenters. The van der Waals surface area contributed by atoms with Crippen LogP contribution in [0.4, 0.5) is 13.2 Å². The molecule has 0 heterocycles. The lowest BCUT2D eigenvalue weighted by molar-refractivity contribution is 0.401. The highest BCUT2D eigenvalue weighted by molar-refractivity contribution is 5.33. The van der Waals surface area contributed by atoms with Crippen molar-refractivity contribution in [1.82, 2.24) is 5.32 Å². The van der Waals surface area contributed by atoms with Crippen LogP contribution in [0.15, 0.2) is 36.4 Å². The van der Waals surface area contributed by atoms with Gasteiger partial charge in [-0.25, -0.2) is 13.2 Å². The predicted molar refractivity (Wildman–Crippen MR) is 74.8 cm³/mol. The summed E-state index contributed by atoms with van der Waals surface area (Å²) >= 11 is 0. The van der Waals surface area contributed by atoms with Crippen molar-refractivity contribution in [2.24, 2.45) is 0 Å². The number of hydrogen-bond acceptors (Lipinski definition) is 2. The molecule has 0 radical (unpaired) electrons. The predicted octanol–water partition coefficient (Wildman–Crippen LogP) is 3.62. The van der Waals surface area contributed by atoms with E-state index in [0.717, 1.165) is 17.7 Å². The van der Waals surface area contributed by atoms with Gasteiger partial charge in [0.15, 0.2) is 0 Å². The Morgan fingerprint density at radius 3 is 2.10 bits per heavy atom. The molecule has 1 N–H and O–H groups in total. The Balaban J connectivity index is 2.31. The Kier molecular flexibility index (Phi) is 4.85. The molecule has 2 aromatic rings. The average molecular weight is 295 g/mol. The molecule has 2 rings (SSSR count). The summed E-state index contributed by atoms with van der Waals surface area (Å²) in [5.74, 6) is -1.56. The quantitative estimate of drug-likeness (QED) is 0.909. The first-order chi connectivity index (χ1) is 10.0. The minimum absolute atomic E-state index is 0.0531. The highest BCUT2D eigenvalue weighted by atomic mass is 19.1. The second-order valence-electron chi connectivity index (χ2n) is 4.68. The third kappa shape index (κ3) is 3.55. The van der Waals surface area contributed by atoms with Crippen molar-refractivity contribution in [1.29, 1.82) is 0 Å². The zero-order valence-electron chi connectivity index (χ0n) is 11.8. The Hall–Kier alpha value is -2.01. The molecule has 2 nitrogen and oxygen atoms in total. The maximum absolute atomic E-state index is 14.1. The molecular formula is C16H16F3NO.